The molecule has 1 fully saturated rings. The summed E-state index contributed by atoms with van der Waals surface area (Å²) in [5.74, 6) is -0.841. The first-order chi connectivity index (χ1) is 5.82. The monoisotopic (exact) mass is 187 g/mol. The Bertz CT molecular complexity index is 209. The van der Waals surface area contributed by atoms with Gasteiger partial charge in [0.25, 0.3) is 0 Å². The molecule has 4 nitrogen and oxygen atoms in total. The number of carboxylic acids is 1. The molecule has 0 aromatic carbocycles. The Morgan fingerprint density at radius 3 is 2.31 bits per heavy atom. The Hall–Kier alpha value is -0.610. The maximum absolute atomic E-state index is 10.9. The van der Waals surface area contributed by atoms with Crippen LogP contribution in [0, 0.1) is 0 Å². The van der Waals surface area contributed by atoms with Crippen molar-refractivity contribution in [2.75, 3.05) is 6.54 Å². The first-order valence-electron chi connectivity index (χ1n) is 4.50. The van der Waals surface area contributed by atoms with E-state index < -0.39 is 18.1 Å². The predicted octanol–water partition coefficient (Wildman–Crippen LogP) is 0.305. The van der Waals surface area contributed by atoms with Crippen molar-refractivity contribution in [2.24, 2.45) is 0 Å². The molecule has 1 aliphatic heterocycles. The van der Waals surface area contributed by atoms with Crippen molar-refractivity contribution in [1.82, 2.24) is 4.90 Å². The molecule has 0 aromatic heterocycles. The minimum absolute atomic E-state index is 0.194. The molecule has 0 aromatic rings. The number of hydrogen-bond donors (Lipinski definition) is 2. The summed E-state index contributed by atoms with van der Waals surface area (Å²) in [7, 11) is 0. The van der Waals surface area contributed by atoms with Crippen molar-refractivity contribution in [3.05, 3.63) is 0 Å². The fourth-order valence-electron chi connectivity index (χ4n) is 1.79. The van der Waals surface area contributed by atoms with Crippen LogP contribution >= 0.6 is 0 Å². The molecular formula is C9H17NO3. The number of likely N-dealkylation sites (tertiary alicyclic amines) is 1. The lowest BCUT2D eigenvalue weighted by molar-refractivity contribution is -0.143. The first-order valence-corrected chi connectivity index (χ1v) is 4.50. The Balaban J connectivity index is 2.78. The molecule has 1 heterocycles. The fourth-order valence-corrected chi connectivity index (χ4v) is 1.79. The van der Waals surface area contributed by atoms with Gasteiger partial charge in [-0.15, -0.1) is 0 Å². The summed E-state index contributed by atoms with van der Waals surface area (Å²) in [4.78, 5) is 12.7. The Kier molecular flexibility index (Phi) is 2.63. The van der Waals surface area contributed by atoms with Gasteiger partial charge in [0.15, 0.2) is 0 Å². The summed E-state index contributed by atoms with van der Waals surface area (Å²) in [6.45, 7) is 6.34. The van der Waals surface area contributed by atoms with E-state index in [9.17, 15) is 9.90 Å². The van der Waals surface area contributed by atoms with Gasteiger partial charge in [0.2, 0.25) is 0 Å². The van der Waals surface area contributed by atoms with Crippen LogP contribution in [0.5, 0.6) is 0 Å². The smallest absolute Gasteiger partial charge is 0.321 e. The molecule has 0 amide bonds. The minimum Gasteiger partial charge on any atom is -0.480 e. The maximum atomic E-state index is 10.9. The molecule has 0 radical (unpaired) electrons. The second-order valence-corrected chi connectivity index (χ2v) is 4.57. The zero-order chi connectivity index (χ0) is 10.2. The van der Waals surface area contributed by atoms with Crippen LogP contribution in [0.25, 0.3) is 0 Å². The number of nitrogens with zero attached hydrogens (tertiary/aromatic N) is 1. The second kappa shape index (κ2) is 3.27. The lowest BCUT2D eigenvalue weighted by Gasteiger charge is -2.34. The second-order valence-electron chi connectivity index (χ2n) is 4.57. The van der Waals surface area contributed by atoms with Crippen LogP contribution in [0.4, 0.5) is 0 Å². The Morgan fingerprint density at radius 1 is 1.46 bits per heavy atom. The van der Waals surface area contributed by atoms with E-state index in [2.05, 4.69) is 0 Å². The zero-order valence-corrected chi connectivity index (χ0v) is 8.32. The van der Waals surface area contributed by atoms with Gasteiger partial charge in [0, 0.05) is 18.5 Å². The van der Waals surface area contributed by atoms with E-state index >= 15 is 0 Å². The molecule has 76 valence electrons. The molecule has 4 heteroatoms. The molecule has 0 unspecified atom stereocenters. The third-order valence-electron chi connectivity index (χ3n) is 2.43. The number of β-amino-alcohol motifs (C(OH)–C–C–N with tert-alkyl or cyclic N) is 1. The summed E-state index contributed by atoms with van der Waals surface area (Å²) >= 11 is 0. The fraction of sp³-hybridized carbons (Fsp3) is 0.889. The molecule has 2 N–H and O–H groups in total. The summed E-state index contributed by atoms with van der Waals surface area (Å²) in [5, 5.41) is 18.3. The number of carboxylic acid groups (broad SMARTS) is 1. The van der Waals surface area contributed by atoms with Crippen LogP contribution in [0.15, 0.2) is 0 Å². The van der Waals surface area contributed by atoms with Gasteiger partial charge in [-0.3, -0.25) is 9.69 Å². The molecule has 0 aliphatic carbocycles. The highest BCUT2D eigenvalue weighted by Gasteiger charge is 2.41. The van der Waals surface area contributed by atoms with Crippen molar-refractivity contribution < 1.29 is 15.0 Å². The van der Waals surface area contributed by atoms with Crippen LogP contribution in [0.1, 0.15) is 27.2 Å². The molecule has 1 saturated heterocycles. The third kappa shape index (κ3) is 2.19. The molecule has 1 rings (SSSR count). The largest absolute Gasteiger partial charge is 0.480 e. The van der Waals surface area contributed by atoms with Crippen molar-refractivity contribution in [1.29, 1.82) is 0 Å². The quantitative estimate of drug-likeness (QED) is 0.620. The van der Waals surface area contributed by atoms with Gasteiger partial charge < -0.3 is 10.2 Å². The van der Waals surface area contributed by atoms with E-state index in [-0.39, 0.29) is 5.54 Å². The predicted molar refractivity (Wildman–Crippen MR) is 48.5 cm³/mol. The number of carbonyl (C=O) groups is 1. The van der Waals surface area contributed by atoms with E-state index in [0.717, 1.165) is 0 Å². The average Bonchev–Trinajstić information content (AvgIpc) is 2.29. The minimum atomic E-state index is -0.841. The van der Waals surface area contributed by atoms with Crippen LogP contribution in [0.2, 0.25) is 0 Å². The van der Waals surface area contributed by atoms with Gasteiger partial charge in [-0.05, 0) is 20.8 Å². The van der Waals surface area contributed by atoms with E-state index in [1.165, 1.54) is 0 Å². The highest BCUT2D eigenvalue weighted by atomic mass is 16.4. The Morgan fingerprint density at radius 2 is 2.00 bits per heavy atom. The van der Waals surface area contributed by atoms with Crippen molar-refractivity contribution in [3.63, 3.8) is 0 Å². The van der Waals surface area contributed by atoms with Crippen molar-refractivity contribution in [2.45, 2.75) is 44.9 Å². The van der Waals surface area contributed by atoms with Gasteiger partial charge in [-0.1, -0.05) is 0 Å². The summed E-state index contributed by atoms with van der Waals surface area (Å²) < 4.78 is 0. The van der Waals surface area contributed by atoms with Gasteiger partial charge in [-0.2, -0.15) is 0 Å². The van der Waals surface area contributed by atoms with Crippen LogP contribution in [-0.2, 0) is 4.79 Å². The number of rotatable bonds is 1. The van der Waals surface area contributed by atoms with Gasteiger partial charge in [0.05, 0.1) is 6.10 Å². The lowest BCUT2D eigenvalue weighted by atomic mass is 10.0. The van der Waals surface area contributed by atoms with Crippen molar-refractivity contribution in [3.8, 4) is 0 Å². The number of aliphatic hydroxyl groups excluding tert-OH is 1. The van der Waals surface area contributed by atoms with Gasteiger partial charge in [0.1, 0.15) is 6.04 Å². The number of aliphatic carboxylic acids is 1. The summed E-state index contributed by atoms with van der Waals surface area (Å²) in [6, 6.07) is -0.532. The van der Waals surface area contributed by atoms with Crippen molar-refractivity contribution >= 4 is 5.97 Å². The van der Waals surface area contributed by atoms with E-state index in [1.807, 2.05) is 25.7 Å². The van der Waals surface area contributed by atoms with E-state index in [4.69, 9.17) is 5.11 Å². The highest BCUT2D eigenvalue weighted by molar-refractivity contribution is 5.74. The molecular weight excluding hydrogens is 170 g/mol. The van der Waals surface area contributed by atoms with Crippen LogP contribution in [0.3, 0.4) is 0 Å². The standard InChI is InChI=1S/C9H17NO3/c1-9(2,3)10-5-6(11)4-7(10)8(12)13/h6-7,11H,4-5H2,1-3H3,(H,12,13)/t6-,7-/m1/s1. The maximum Gasteiger partial charge on any atom is 0.321 e. The van der Waals surface area contributed by atoms with Gasteiger partial charge in [-0.25, -0.2) is 0 Å². The average molecular weight is 187 g/mol. The SMILES string of the molecule is CC(C)(C)N1C[C@H](O)C[C@@H]1C(=O)O. The lowest BCUT2D eigenvalue weighted by Crippen LogP contribution is -2.48. The summed E-state index contributed by atoms with van der Waals surface area (Å²) in [5.41, 5.74) is -0.194. The zero-order valence-electron chi connectivity index (χ0n) is 8.32. The molecule has 0 saturated carbocycles. The topological polar surface area (TPSA) is 60.8 Å². The number of aliphatic hydroxyl groups is 1. The van der Waals surface area contributed by atoms with Crippen LogP contribution in [-0.4, -0.2) is 45.3 Å². The van der Waals surface area contributed by atoms with E-state index in [1.54, 1.807) is 0 Å². The molecule has 0 spiro atoms. The third-order valence-corrected chi connectivity index (χ3v) is 2.43. The highest BCUT2D eigenvalue weighted by Crippen LogP contribution is 2.26. The van der Waals surface area contributed by atoms with E-state index in [0.29, 0.717) is 13.0 Å². The Labute approximate surface area is 78.2 Å². The normalized spacial score (nSPS) is 30.8. The van der Waals surface area contributed by atoms with Crippen LogP contribution < -0.4 is 0 Å². The molecule has 1 aliphatic rings. The summed E-state index contributed by atoms with van der Waals surface area (Å²) in [6.07, 6.45) is -0.160. The molecule has 2 atom stereocenters. The molecule has 0 bridgehead atoms. The first kappa shape index (κ1) is 10.5. The van der Waals surface area contributed by atoms with Gasteiger partial charge >= 0.3 is 5.97 Å². The molecule has 13 heavy (non-hydrogen) atoms. The number of hydrogen-bond acceptors (Lipinski definition) is 3.